The molecule has 0 heterocycles. The summed E-state index contributed by atoms with van der Waals surface area (Å²) in [5.41, 5.74) is 1.10. The van der Waals surface area contributed by atoms with Crippen LogP contribution >= 0.6 is 22.6 Å². The van der Waals surface area contributed by atoms with E-state index in [0.717, 1.165) is 31.2 Å². The lowest BCUT2D eigenvalue weighted by atomic mass is 10.0. The maximum atomic E-state index is 12.5. The van der Waals surface area contributed by atoms with E-state index in [-0.39, 0.29) is 9.17 Å². The molecule has 1 aromatic rings. The summed E-state index contributed by atoms with van der Waals surface area (Å²) in [6.45, 7) is 1.97. The van der Waals surface area contributed by atoms with Gasteiger partial charge in [-0.1, -0.05) is 53.1 Å². The summed E-state index contributed by atoms with van der Waals surface area (Å²) >= 11 is 2.30. The van der Waals surface area contributed by atoms with Gasteiger partial charge >= 0.3 is 0 Å². The van der Waals surface area contributed by atoms with Gasteiger partial charge in [0.25, 0.3) is 0 Å². The standard InChI is InChI=1S/C13H17IO2S/c1-10-6-8-11(9-7-10)17(15,16)13-5-3-2-4-12(13)14/h6-9,12-13H,2-5H2,1H3/t12-,13+/m1/s1. The van der Waals surface area contributed by atoms with Crippen LogP contribution in [0.2, 0.25) is 0 Å². The summed E-state index contributed by atoms with van der Waals surface area (Å²) in [6.07, 6.45) is 4.03. The monoisotopic (exact) mass is 364 g/mol. The van der Waals surface area contributed by atoms with Crippen LogP contribution in [0.1, 0.15) is 31.2 Å². The zero-order valence-electron chi connectivity index (χ0n) is 9.90. The maximum Gasteiger partial charge on any atom is 0.182 e. The highest BCUT2D eigenvalue weighted by Gasteiger charge is 2.34. The highest BCUT2D eigenvalue weighted by atomic mass is 127. The van der Waals surface area contributed by atoms with E-state index in [9.17, 15) is 8.42 Å². The Kier molecular flexibility index (Phi) is 4.13. The van der Waals surface area contributed by atoms with Gasteiger partial charge < -0.3 is 0 Å². The van der Waals surface area contributed by atoms with Crippen LogP contribution in [0.5, 0.6) is 0 Å². The molecule has 94 valence electrons. The summed E-state index contributed by atoms with van der Waals surface area (Å²) in [4.78, 5) is 0.483. The van der Waals surface area contributed by atoms with Gasteiger partial charge in [0.2, 0.25) is 0 Å². The highest BCUT2D eigenvalue weighted by Crippen LogP contribution is 2.33. The number of halogens is 1. The summed E-state index contributed by atoms with van der Waals surface area (Å²) in [7, 11) is -3.14. The molecular weight excluding hydrogens is 347 g/mol. The van der Waals surface area contributed by atoms with Crippen molar-refractivity contribution >= 4 is 32.4 Å². The minimum absolute atomic E-state index is 0.195. The number of benzene rings is 1. The van der Waals surface area contributed by atoms with Gasteiger partial charge in [0.05, 0.1) is 10.1 Å². The van der Waals surface area contributed by atoms with Crippen molar-refractivity contribution in [2.24, 2.45) is 0 Å². The molecule has 2 nitrogen and oxygen atoms in total. The van der Waals surface area contributed by atoms with Gasteiger partial charge in [0.15, 0.2) is 9.84 Å². The van der Waals surface area contributed by atoms with Crippen molar-refractivity contribution in [3.63, 3.8) is 0 Å². The molecule has 1 aromatic carbocycles. The fourth-order valence-electron chi connectivity index (χ4n) is 2.30. The lowest BCUT2D eigenvalue weighted by Crippen LogP contribution is -2.33. The van der Waals surface area contributed by atoms with Crippen molar-refractivity contribution < 1.29 is 8.42 Å². The predicted molar refractivity (Wildman–Crippen MR) is 78.4 cm³/mol. The number of rotatable bonds is 2. The van der Waals surface area contributed by atoms with Crippen LogP contribution < -0.4 is 0 Å². The van der Waals surface area contributed by atoms with Gasteiger partial charge in [-0.05, 0) is 31.9 Å². The molecule has 4 heteroatoms. The number of sulfone groups is 1. The van der Waals surface area contributed by atoms with E-state index in [1.165, 1.54) is 0 Å². The first-order valence-electron chi connectivity index (χ1n) is 5.96. The van der Waals surface area contributed by atoms with E-state index in [1.807, 2.05) is 19.1 Å². The second-order valence-corrected chi connectivity index (χ2v) is 8.46. The molecule has 0 bridgehead atoms. The molecule has 17 heavy (non-hydrogen) atoms. The van der Waals surface area contributed by atoms with E-state index in [0.29, 0.717) is 4.90 Å². The molecule has 0 saturated heterocycles. The normalized spacial score (nSPS) is 25.8. The van der Waals surface area contributed by atoms with Gasteiger partial charge in [-0.25, -0.2) is 8.42 Å². The summed E-state index contributed by atoms with van der Waals surface area (Å²) in [5.74, 6) is 0. The van der Waals surface area contributed by atoms with E-state index in [1.54, 1.807) is 12.1 Å². The molecule has 0 aromatic heterocycles. The summed E-state index contributed by atoms with van der Waals surface area (Å²) in [6, 6.07) is 7.22. The van der Waals surface area contributed by atoms with Crippen molar-refractivity contribution in [2.45, 2.75) is 46.7 Å². The largest absolute Gasteiger partial charge is 0.223 e. The van der Waals surface area contributed by atoms with Gasteiger partial charge in [-0.2, -0.15) is 0 Å². The Bertz CT molecular complexity index is 479. The third-order valence-corrected chi connectivity index (χ3v) is 7.64. The Morgan fingerprint density at radius 1 is 1.12 bits per heavy atom. The fourth-order valence-corrected chi connectivity index (χ4v) is 6.13. The lowest BCUT2D eigenvalue weighted by Gasteiger charge is -2.27. The van der Waals surface area contributed by atoms with Crippen LogP contribution in [0.3, 0.4) is 0 Å². The smallest absolute Gasteiger partial charge is 0.182 e. The van der Waals surface area contributed by atoms with Crippen LogP contribution in [0.25, 0.3) is 0 Å². The second-order valence-electron chi connectivity index (χ2n) is 4.70. The van der Waals surface area contributed by atoms with Crippen molar-refractivity contribution in [3.8, 4) is 0 Å². The van der Waals surface area contributed by atoms with E-state index < -0.39 is 9.84 Å². The molecule has 0 N–H and O–H groups in total. The average Bonchev–Trinajstić information content (AvgIpc) is 2.30. The zero-order chi connectivity index (χ0) is 12.5. The topological polar surface area (TPSA) is 34.1 Å². The second kappa shape index (κ2) is 5.26. The number of alkyl halides is 1. The molecule has 1 aliphatic carbocycles. The van der Waals surface area contributed by atoms with Crippen molar-refractivity contribution in [3.05, 3.63) is 29.8 Å². The van der Waals surface area contributed by atoms with Gasteiger partial charge in [0.1, 0.15) is 0 Å². The first-order chi connectivity index (χ1) is 8.01. The molecule has 0 radical (unpaired) electrons. The number of hydrogen-bond donors (Lipinski definition) is 0. The average molecular weight is 364 g/mol. The first kappa shape index (κ1) is 13.3. The van der Waals surface area contributed by atoms with Crippen molar-refractivity contribution in [1.29, 1.82) is 0 Å². The first-order valence-corrected chi connectivity index (χ1v) is 8.75. The van der Waals surface area contributed by atoms with Gasteiger partial charge in [-0.15, -0.1) is 0 Å². The van der Waals surface area contributed by atoms with Crippen LogP contribution in [0, 0.1) is 6.92 Å². The summed E-state index contributed by atoms with van der Waals surface area (Å²) in [5, 5.41) is -0.195. The van der Waals surface area contributed by atoms with E-state index in [4.69, 9.17) is 0 Å². The molecule has 0 unspecified atom stereocenters. The minimum atomic E-state index is -3.14. The Morgan fingerprint density at radius 2 is 1.71 bits per heavy atom. The predicted octanol–water partition coefficient (Wildman–Crippen LogP) is 3.51. The van der Waals surface area contributed by atoms with Crippen LogP contribution in [0.4, 0.5) is 0 Å². The summed E-state index contributed by atoms with van der Waals surface area (Å²) < 4.78 is 25.3. The SMILES string of the molecule is Cc1ccc(S(=O)(=O)[C@H]2CCCC[C@H]2I)cc1. The molecule has 2 atom stereocenters. The third-order valence-electron chi connectivity index (χ3n) is 3.37. The molecule has 0 aliphatic heterocycles. The van der Waals surface area contributed by atoms with Gasteiger partial charge in [0, 0.05) is 3.92 Å². The van der Waals surface area contributed by atoms with Crippen LogP contribution in [-0.2, 0) is 9.84 Å². The Morgan fingerprint density at radius 3 is 2.29 bits per heavy atom. The lowest BCUT2D eigenvalue weighted by molar-refractivity contribution is 0.502. The number of hydrogen-bond acceptors (Lipinski definition) is 2. The number of aryl methyl sites for hydroxylation is 1. The minimum Gasteiger partial charge on any atom is -0.223 e. The Balaban J connectivity index is 2.32. The Hall–Kier alpha value is -0.100. The van der Waals surface area contributed by atoms with Crippen molar-refractivity contribution in [1.82, 2.24) is 0 Å². The molecule has 1 saturated carbocycles. The molecule has 1 aliphatic rings. The zero-order valence-corrected chi connectivity index (χ0v) is 12.9. The molecule has 0 spiro atoms. The Labute approximate surface area is 117 Å². The van der Waals surface area contributed by atoms with E-state index in [2.05, 4.69) is 22.6 Å². The van der Waals surface area contributed by atoms with Crippen LogP contribution in [-0.4, -0.2) is 17.6 Å². The molecule has 1 fully saturated rings. The molecule has 0 amide bonds. The molecular formula is C13H17IO2S. The van der Waals surface area contributed by atoms with Crippen LogP contribution in [0.15, 0.2) is 29.2 Å². The van der Waals surface area contributed by atoms with Gasteiger partial charge in [-0.3, -0.25) is 0 Å². The highest BCUT2D eigenvalue weighted by molar-refractivity contribution is 14.1. The van der Waals surface area contributed by atoms with Crippen molar-refractivity contribution in [2.75, 3.05) is 0 Å². The quantitative estimate of drug-likeness (QED) is 0.595. The van der Waals surface area contributed by atoms with E-state index >= 15 is 0 Å². The molecule has 2 rings (SSSR count). The fraction of sp³-hybridized carbons (Fsp3) is 0.538. The third kappa shape index (κ3) is 2.84. The maximum absolute atomic E-state index is 12.5.